The lowest BCUT2D eigenvalue weighted by Crippen LogP contribution is -2.31. The zero-order valence-corrected chi connectivity index (χ0v) is 13.1. The van der Waals surface area contributed by atoms with Gasteiger partial charge in [-0.2, -0.15) is 0 Å². The van der Waals surface area contributed by atoms with Crippen LogP contribution >= 0.6 is 0 Å². The fraction of sp³-hybridized carbons (Fsp3) is 0.600. The van der Waals surface area contributed by atoms with Gasteiger partial charge >= 0.3 is 0 Å². The lowest BCUT2D eigenvalue weighted by molar-refractivity contribution is -0.384. The van der Waals surface area contributed by atoms with E-state index in [2.05, 4.69) is 13.8 Å². The van der Waals surface area contributed by atoms with Crippen LogP contribution < -0.4 is 4.90 Å². The number of nitrogens with zero attached hydrogens (tertiary/aromatic N) is 2. The first kappa shape index (κ1) is 17.4. The zero-order chi connectivity index (χ0) is 16.0. The maximum Gasteiger partial charge on any atom is 0.292 e. The number of methoxy groups -OCH3 is 1. The Morgan fingerprint density at radius 2 is 2.05 bits per heavy atom. The van der Waals surface area contributed by atoms with Gasteiger partial charge in [-0.1, -0.05) is 19.9 Å². The molecule has 0 saturated heterocycles. The van der Waals surface area contributed by atoms with E-state index in [1.165, 1.54) is 6.07 Å². The van der Waals surface area contributed by atoms with E-state index in [1.54, 1.807) is 26.2 Å². The summed E-state index contributed by atoms with van der Waals surface area (Å²) < 4.78 is 5.09. The van der Waals surface area contributed by atoms with E-state index < -0.39 is 11.0 Å². The average molecular weight is 296 g/mol. The van der Waals surface area contributed by atoms with Crippen molar-refractivity contribution in [3.05, 3.63) is 33.9 Å². The molecule has 0 aromatic heterocycles. The van der Waals surface area contributed by atoms with Gasteiger partial charge in [0.05, 0.1) is 17.6 Å². The lowest BCUT2D eigenvalue weighted by Gasteiger charge is -2.26. The van der Waals surface area contributed by atoms with Crippen LogP contribution in [-0.2, 0) is 4.74 Å². The molecule has 6 heteroatoms. The van der Waals surface area contributed by atoms with Gasteiger partial charge in [0, 0.05) is 26.3 Å². The van der Waals surface area contributed by atoms with Crippen LogP contribution in [0.2, 0.25) is 0 Å². The van der Waals surface area contributed by atoms with Crippen LogP contribution in [0.1, 0.15) is 32.4 Å². The molecule has 0 bridgehead atoms. The van der Waals surface area contributed by atoms with Gasteiger partial charge in [0.25, 0.3) is 5.69 Å². The van der Waals surface area contributed by atoms with Crippen LogP contribution in [0, 0.1) is 16.0 Å². The molecule has 6 nitrogen and oxygen atoms in total. The predicted molar refractivity (Wildman–Crippen MR) is 82.7 cm³/mol. The molecule has 0 radical (unpaired) electrons. The molecule has 0 heterocycles. The monoisotopic (exact) mass is 296 g/mol. The minimum absolute atomic E-state index is 0.0187. The summed E-state index contributed by atoms with van der Waals surface area (Å²) >= 11 is 0. The molecule has 0 fully saturated rings. The SMILES string of the molecule is COCCN(CC(C)C)c1ccc([C@@H](C)O)cc1[N+](=O)[O-]. The molecule has 0 amide bonds. The molecule has 21 heavy (non-hydrogen) atoms. The summed E-state index contributed by atoms with van der Waals surface area (Å²) in [5, 5.41) is 20.9. The standard InChI is InChI=1S/C15H24N2O4/c1-11(2)10-16(7-8-21-4)14-6-5-13(12(3)18)9-15(14)17(19)20/h5-6,9,11-12,18H,7-8,10H2,1-4H3/t12-/m1/s1. The van der Waals surface area contributed by atoms with Crippen molar-refractivity contribution in [3.63, 3.8) is 0 Å². The van der Waals surface area contributed by atoms with Gasteiger partial charge in [0.2, 0.25) is 0 Å². The summed E-state index contributed by atoms with van der Waals surface area (Å²) in [5.74, 6) is 0.373. The van der Waals surface area contributed by atoms with E-state index >= 15 is 0 Å². The van der Waals surface area contributed by atoms with Crippen LogP contribution in [-0.4, -0.2) is 36.8 Å². The number of ether oxygens (including phenoxy) is 1. The maximum absolute atomic E-state index is 11.3. The molecule has 0 spiro atoms. The first-order valence-electron chi connectivity index (χ1n) is 7.07. The topological polar surface area (TPSA) is 75.8 Å². The van der Waals surface area contributed by atoms with Crippen LogP contribution in [0.25, 0.3) is 0 Å². The Bertz CT molecular complexity index is 475. The summed E-state index contributed by atoms with van der Waals surface area (Å²) in [6, 6.07) is 4.88. The van der Waals surface area contributed by atoms with Crippen molar-refractivity contribution >= 4 is 11.4 Å². The quantitative estimate of drug-likeness (QED) is 0.589. The molecule has 0 unspecified atom stereocenters. The molecule has 1 atom stereocenters. The number of hydrogen-bond donors (Lipinski definition) is 1. The number of aliphatic hydroxyl groups excluding tert-OH is 1. The highest BCUT2D eigenvalue weighted by Crippen LogP contribution is 2.31. The minimum atomic E-state index is -0.727. The number of nitro groups is 1. The minimum Gasteiger partial charge on any atom is -0.389 e. The van der Waals surface area contributed by atoms with Crippen molar-refractivity contribution < 1.29 is 14.8 Å². The van der Waals surface area contributed by atoms with E-state index in [0.29, 0.717) is 36.9 Å². The summed E-state index contributed by atoms with van der Waals surface area (Å²) in [6.07, 6.45) is -0.727. The number of anilines is 1. The number of rotatable bonds is 8. The van der Waals surface area contributed by atoms with Gasteiger partial charge < -0.3 is 14.7 Å². The number of benzene rings is 1. The second kappa shape index (κ2) is 7.95. The maximum atomic E-state index is 11.3. The Hall–Kier alpha value is -1.66. The van der Waals surface area contributed by atoms with Crippen LogP contribution in [0.5, 0.6) is 0 Å². The summed E-state index contributed by atoms with van der Waals surface area (Å²) in [6.45, 7) is 7.52. The van der Waals surface area contributed by atoms with E-state index in [-0.39, 0.29) is 5.69 Å². The number of nitro benzene ring substituents is 1. The average Bonchev–Trinajstić information content (AvgIpc) is 2.42. The number of aliphatic hydroxyl groups is 1. The van der Waals surface area contributed by atoms with Gasteiger partial charge in [-0.3, -0.25) is 10.1 Å². The molecule has 1 rings (SSSR count). The third kappa shape index (κ3) is 4.99. The smallest absolute Gasteiger partial charge is 0.292 e. The fourth-order valence-corrected chi connectivity index (χ4v) is 2.17. The van der Waals surface area contributed by atoms with Crippen molar-refractivity contribution in [3.8, 4) is 0 Å². The molecule has 0 aliphatic rings. The van der Waals surface area contributed by atoms with Crippen LogP contribution in [0.15, 0.2) is 18.2 Å². The predicted octanol–water partition coefficient (Wildman–Crippen LogP) is 2.76. The van der Waals surface area contributed by atoms with Gasteiger partial charge in [-0.05, 0) is 24.5 Å². The number of hydrogen-bond acceptors (Lipinski definition) is 5. The molecule has 1 N–H and O–H groups in total. The highest BCUT2D eigenvalue weighted by molar-refractivity contribution is 5.64. The van der Waals surface area contributed by atoms with Gasteiger partial charge in [-0.15, -0.1) is 0 Å². The van der Waals surface area contributed by atoms with Gasteiger partial charge in [0.1, 0.15) is 5.69 Å². The molecule has 0 aliphatic heterocycles. The van der Waals surface area contributed by atoms with E-state index in [9.17, 15) is 15.2 Å². The zero-order valence-electron chi connectivity index (χ0n) is 13.1. The van der Waals surface area contributed by atoms with Crippen molar-refractivity contribution in [1.82, 2.24) is 0 Å². The molecule has 0 saturated carbocycles. The Morgan fingerprint density at radius 1 is 1.38 bits per heavy atom. The fourth-order valence-electron chi connectivity index (χ4n) is 2.17. The highest BCUT2D eigenvalue weighted by Gasteiger charge is 2.21. The Morgan fingerprint density at radius 3 is 2.52 bits per heavy atom. The normalized spacial score (nSPS) is 12.5. The lowest BCUT2D eigenvalue weighted by atomic mass is 10.1. The van der Waals surface area contributed by atoms with E-state index in [0.717, 1.165) is 0 Å². The van der Waals surface area contributed by atoms with Crippen molar-refractivity contribution in [1.29, 1.82) is 0 Å². The molecule has 1 aromatic carbocycles. The Labute approximate surface area is 125 Å². The molecule has 118 valence electrons. The third-order valence-electron chi connectivity index (χ3n) is 3.17. The van der Waals surface area contributed by atoms with Gasteiger partial charge in [0.15, 0.2) is 0 Å². The van der Waals surface area contributed by atoms with E-state index in [4.69, 9.17) is 4.74 Å². The molecular weight excluding hydrogens is 272 g/mol. The first-order valence-corrected chi connectivity index (χ1v) is 7.07. The van der Waals surface area contributed by atoms with E-state index in [1.807, 2.05) is 4.90 Å². The Balaban J connectivity index is 3.18. The Kier molecular flexibility index (Phi) is 6.58. The molecule has 1 aromatic rings. The molecule has 0 aliphatic carbocycles. The summed E-state index contributed by atoms with van der Waals surface area (Å²) in [5.41, 5.74) is 1.13. The van der Waals surface area contributed by atoms with Crippen molar-refractivity contribution in [2.45, 2.75) is 26.9 Å². The first-order chi connectivity index (χ1) is 9.86. The van der Waals surface area contributed by atoms with Crippen LogP contribution in [0.4, 0.5) is 11.4 Å². The second-order valence-electron chi connectivity index (χ2n) is 5.51. The largest absolute Gasteiger partial charge is 0.389 e. The van der Waals surface area contributed by atoms with Crippen LogP contribution in [0.3, 0.4) is 0 Å². The highest BCUT2D eigenvalue weighted by atomic mass is 16.6. The second-order valence-corrected chi connectivity index (χ2v) is 5.51. The van der Waals surface area contributed by atoms with Gasteiger partial charge in [-0.25, -0.2) is 0 Å². The molecular formula is C15H24N2O4. The summed E-state index contributed by atoms with van der Waals surface area (Å²) in [4.78, 5) is 12.9. The summed E-state index contributed by atoms with van der Waals surface area (Å²) in [7, 11) is 1.61. The van der Waals surface area contributed by atoms with Crippen molar-refractivity contribution in [2.24, 2.45) is 5.92 Å². The van der Waals surface area contributed by atoms with Crippen molar-refractivity contribution in [2.75, 3.05) is 31.7 Å². The third-order valence-corrected chi connectivity index (χ3v) is 3.17.